The van der Waals surface area contributed by atoms with E-state index >= 15 is 0 Å². The van der Waals surface area contributed by atoms with Crippen molar-refractivity contribution in [3.8, 4) is 23.0 Å². The van der Waals surface area contributed by atoms with Crippen molar-refractivity contribution in [2.24, 2.45) is 11.8 Å². The topological polar surface area (TPSA) is 106 Å². The molecule has 0 saturated heterocycles. The number of methoxy groups -OCH3 is 1. The lowest BCUT2D eigenvalue weighted by atomic mass is 9.67. The molecular weight excluding hydrogens is 518 g/mol. The number of esters is 1. The molecule has 0 spiro atoms. The molecule has 0 N–H and O–H groups in total. The van der Waals surface area contributed by atoms with Crippen LogP contribution in [0.5, 0.6) is 23.0 Å². The van der Waals surface area contributed by atoms with Gasteiger partial charge in [0, 0.05) is 17.4 Å². The molecule has 2 aromatic rings. The first-order valence-electron chi connectivity index (χ1n) is 13.4. The van der Waals surface area contributed by atoms with Crippen LogP contribution in [0.2, 0.25) is 18.1 Å². The number of hydrogen-bond acceptors (Lipinski definition) is 8. The van der Waals surface area contributed by atoms with Crippen molar-refractivity contribution in [2.75, 3.05) is 20.5 Å². The number of nitrogens with zero attached hydrogens (tertiary/aromatic N) is 1. The van der Waals surface area contributed by atoms with Gasteiger partial charge >= 0.3 is 5.97 Å². The highest BCUT2D eigenvalue weighted by Crippen LogP contribution is 2.47. The minimum absolute atomic E-state index is 0.0200. The lowest BCUT2D eigenvalue weighted by Gasteiger charge is -2.42. The molecule has 10 heteroatoms. The van der Waals surface area contributed by atoms with E-state index in [2.05, 4.69) is 33.9 Å². The maximum absolute atomic E-state index is 12.9. The van der Waals surface area contributed by atoms with Crippen molar-refractivity contribution in [1.29, 1.82) is 0 Å². The number of ether oxygens (including phenoxy) is 4. The van der Waals surface area contributed by atoms with E-state index in [0.717, 1.165) is 5.56 Å². The first kappa shape index (κ1) is 28.9. The van der Waals surface area contributed by atoms with E-state index in [1.54, 1.807) is 31.4 Å². The molecule has 0 unspecified atom stereocenters. The minimum Gasteiger partial charge on any atom is -0.497 e. The second-order valence-electron chi connectivity index (χ2n) is 11.9. The third-order valence-electron chi connectivity index (χ3n) is 8.48. The van der Waals surface area contributed by atoms with Crippen LogP contribution in [0.25, 0.3) is 0 Å². The quantitative estimate of drug-likeness (QED) is 0.118. The largest absolute Gasteiger partial charge is 0.497 e. The zero-order chi connectivity index (χ0) is 28.4. The summed E-state index contributed by atoms with van der Waals surface area (Å²) in [6, 6.07) is 11.3. The lowest BCUT2D eigenvalue weighted by Crippen LogP contribution is -2.47. The van der Waals surface area contributed by atoms with Crippen molar-refractivity contribution in [3.05, 3.63) is 58.1 Å². The normalized spacial score (nSPS) is 22.8. The average molecular weight is 558 g/mol. The maximum atomic E-state index is 12.9. The van der Waals surface area contributed by atoms with Crippen LogP contribution >= 0.6 is 0 Å². The highest BCUT2D eigenvalue weighted by molar-refractivity contribution is 6.74. The monoisotopic (exact) mass is 557 g/mol. The summed E-state index contributed by atoms with van der Waals surface area (Å²) in [4.78, 5) is 25.3. The Morgan fingerprint density at radius 3 is 2.31 bits per heavy atom. The number of fused-ring (bicyclic) bond motifs is 1. The Hall–Kier alpha value is -3.11. The van der Waals surface area contributed by atoms with Gasteiger partial charge < -0.3 is 23.4 Å². The number of carbonyl (C=O) groups is 1. The van der Waals surface area contributed by atoms with E-state index in [9.17, 15) is 14.9 Å². The molecule has 4 atom stereocenters. The van der Waals surface area contributed by atoms with Crippen molar-refractivity contribution in [2.45, 2.75) is 70.1 Å². The van der Waals surface area contributed by atoms with E-state index in [1.807, 2.05) is 18.2 Å². The smallest absolute Gasteiger partial charge is 0.311 e. The van der Waals surface area contributed by atoms with E-state index in [-0.39, 0.29) is 29.1 Å². The van der Waals surface area contributed by atoms with Crippen LogP contribution in [0.1, 0.15) is 51.5 Å². The summed E-state index contributed by atoms with van der Waals surface area (Å²) in [7, 11) is -0.518. The molecule has 9 nitrogen and oxygen atoms in total. The third-order valence-corrected chi connectivity index (χ3v) is 13.0. The molecule has 1 fully saturated rings. The number of rotatable bonds is 9. The molecule has 1 aliphatic carbocycles. The first-order chi connectivity index (χ1) is 18.4. The molecule has 212 valence electrons. The van der Waals surface area contributed by atoms with Crippen molar-refractivity contribution >= 4 is 14.3 Å². The van der Waals surface area contributed by atoms with E-state index in [4.69, 9.17) is 23.4 Å². The van der Waals surface area contributed by atoms with Gasteiger partial charge in [-0.1, -0.05) is 26.8 Å². The van der Waals surface area contributed by atoms with Crippen LogP contribution in [0.3, 0.4) is 0 Å². The molecule has 1 saturated carbocycles. The molecule has 0 amide bonds. The number of carbonyl (C=O) groups excluding carboxylic acids is 1. The Labute approximate surface area is 231 Å². The molecule has 2 aliphatic rings. The Bertz CT molecular complexity index is 1180. The predicted molar refractivity (Wildman–Crippen MR) is 149 cm³/mol. The summed E-state index contributed by atoms with van der Waals surface area (Å²) in [5.41, 5.74) is 0.804. The minimum atomic E-state index is -2.08. The molecule has 4 rings (SSSR count). The number of benzene rings is 2. The zero-order valence-corrected chi connectivity index (χ0v) is 24.6. The second-order valence-corrected chi connectivity index (χ2v) is 16.7. The molecule has 0 radical (unpaired) electrons. The maximum Gasteiger partial charge on any atom is 0.311 e. The average Bonchev–Trinajstić information content (AvgIpc) is 3.35. The fourth-order valence-corrected chi connectivity index (χ4v) is 6.28. The summed E-state index contributed by atoms with van der Waals surface area (Å²) >= 11 is 0. The zero-order valence-electron chi connectivity index (χ0n) is 23.6. The van der Waals surface area contributed by atoms with Gasteiger partial charge in [-0.25, -0.2) is 0 Å². The summed E-state index contributed by atoms with van der Waals surface area (Å²) in [6.07, 6.45) is 1.20. The van der Waals surface area contributed by atoms with Crippen molar-refractivity contribution in [3.63, 3.8) is 0 Å². The van der Waals surface area contributed by atoms with Crippen LogP contribution in [0, 0.1) is 22.0 Å². The van der Waals surface area contributed by atoms with E-state index in [1.165, 1.54) is 0 Å². The fourth-order valence-electron chi connectivity index (χ4n) is 5.22. The molecule has 2 aromatic carbocycles. The molecule has 1 heterocycles. The second kappa shape index (κ2) is 11.6. The first-order valence-corrected chi connectivity index (χ1v) is 16.3. The van der Waals surface area contributed by atoms with Crippen LogP contribution in [-0.2, 0) is 9.22 Å². The summed E-state index contributed by atoms with van der Waals surface area (Å²) in [6.45, 7) is 11.5. The van der Waals surface area contributed by atoms with Gasteiger partial charge in [0.2, 0.25) is 12.8 Å². The van der Waals surface area contributed by atoms with Crippen LogP contribution in [0.15, 0.2) is 42.5 Å². The van der Waals surface area contributed by atoms with Gasteiger partial charge in [-0.3, -0.25) is 14.9 Å². The molecule has 1 aliphatic heterocycles. The summed E-state index contributed by atoms with van der Waals surface area (Å²) in [5, 5.41) is 12.7. The summed E-state index contributed by atoms with van der Waals surface area (Å²) < 4.78 is 28.3. The Balaban J connectivity index is 1.58. The van der Waals surface area contributed by atoms with Crippen molar-refractivity contribution in [1.82, 2.24) is 0 Å². The van der Waals surface area contributed by atoms with Gasteiger partial charge in [-0.05, 0) is 78.9 Å². The highest BCUT2D eigenvalue weighted by atomic mass is 28.4. The lowest BCUT2D eigenvalue weighted by molar-refractivity contribution is -0.541. The molecule has 0 bridgehead atoms. The standard InChI is InChI=1S/C29H39NO8Si/c1-29(2,3)39(5,6)37-17-21-8-7-20(16-26(31)38-23-12-10-22(34-4)11-13-23)28(30(32)33)27(21)19-9-14-24-25(15-19)36-18-35-24/h9-15,20-21,27-28H,7-8,16-18H2,1-6H3/t20-,21-,27-,28-/m1/s1. The van der Waals surface area contributed by atoms with Crippen LogP contribution in [0.4, 0.5) is 0 Å². The molecule has 0 aromatic heterocycles. The number of nitro groups is 1. The molecular formula is C29H39NO8Si. The molecule has 39 heavy (non-hydrogen) atoms. The Morgan fingerprint density at radius 2 is 1.67 bits per heavy atom. The van der Waals surface area contributed by atoms with Crippen LogP contribution < -0.4 is 18.9 Å². The predicted octanol–water partition coefficient (Wildman–Crippen LogP) is 6.20. The van der Waals surface area contributed by atoms with Gasteiger partial charge in [-0.2, -0.15) is 0 Å². The third kappa shape index (κ3) is 6.55. The van der Waals surface area contributed by atoms with E-state index in [0.29, 0.717) is 42.4 Å². The number of hydrogen-bond donors (Lipinski definition) is 0. The van der Waals surface area contributed by atoms with Gasteiger partial charge in [0.05, 0.1) is 19.4 Å². The van der Waals surface area contributed by atoms with Gasteiger partial charge in [0.15, 0.2) is 19.8 Å². The van der Waals surface area contributed by atoms with Gasteiger partial charge in [-0.15, -0.1) is 0 Å². The summed E-state index contributed by atoms with van der Waals surface area (Å²) in [5.74, 6) is 0.731. The SMILES string of the molecule is COc1ccc(OC(=O)C[C@H]2CC[C@H](CO[Si](C)(C)C(C)(C)C)[C@@H](c3ccc4c(c3)OCO4)[C@@H]2[N+](=O)[O-])cc1. The van der Waals surface area contributed by atoms with Crippen LogP contribution in [-0.4, -0.2) is 45.8 Å². The van der Waals surface area contributed by atoms with Gasteiger partial charge in [0.25, 0.3) is 0 Å². The Kier molecular flexibility index (Phi) is 8.56. The highest BCUT2D eigenvalue weighted by Gasteiger charge is 2.49. The van der Waals surface area contributed by atoms with E-state index < -0.39 is 32.2 Å². The fraction of sp³-hybridized carbons (Fsp3) is 0.552. The Morgan fingerprint density at radius 1 is 1.03 bits per heavy atom. The van der Waals surface area contributed by atoms with Gasteiger partial charge in [0.1, 0.15) is 11.5 Å². The van der Waals surface area contributed by atoms with Crippen molar-refractivity contribution < 1.29 is 33.1 Å².